The molecule has 3 saturated heterocycles. The molecular formula is C15H25N3O3. The Kier molecular flexibility index (Phi) is 4.06. The molecule has 21 heavy (non-hydrogen) atoms. The van der Waals surface area contributed by atoms with E-state index in [9.17, 15) is 9.59 Å². The van der Waals surface area contributed by atoms with Gasteiger partial charge < -0.3 is 15.3 Å². The minimum absolute atomic E-state index is 0.0127. The Hall–Kier alpha value is -1.30. The third kappa shape index (κ3) is 2.86. The molecule has 3 fully saturated rings. The summed E-state index contributed by atoms with van der Waals surface area (Å²) in [7, 11) is 0. The van der Waals surface area contributed by atoms with Crippen molar-refractivity contribution in [3.05, 3.63) is 0 Å². The Bertz CT molecular complexity index is 422. The van der Waals surface area contributed by atoms with Crippen molar-refractivity contribution >= 4 is 12.0 Å². The molecule has 2 N–H and O–H groups in total. The Balaban J connectivity index is 1.46. The van der Waals surface area contributed by atoms with Gasteiger partial charge in [0.15, 0.2) is 0 Å². The molecule has 0 bridgehead atoms. The second-order valence-electron chi connectivity index (χ2n) is 6.74. The Labute approximate surface area is 125 Å². The molecule has 0 spiro atoms. The Morgan fingerprint density at radius 2 is 1.95 bits per heavy atom. The first-order valence-electron chi connectivity index (χ1n) is 8.08. The van der Waals surface area contributed by atoms with Crippen molar-refractivity contribution < 1.29 is 14.7 Å². The maximum Gasteiger partial charge on any atom is 0.317 e. The van der Waals surface area contributed by atoms with Crippen LogP contribution in [-0.4, -0.2) is 65.2 Å². The van der Waals surface area contributed by atoms with Gasteiger partial charge in [0.2, 0.25) is 0 Å². The molecule has 3 aliphatic rings. The van der Waals surface area contributed by atoms with E-state index in [1.807, 2.05) is 0 Å². The van der Waals surface area contributed by atoms with Crippen LogP contribution in [-0.2, 0) is 4.79 Å². The molecule has 0 saturated carbocycles. The van der Waals surface area contributed by atoms with Crippen molar-refractivity contribution in [1.82, 2.24) is 15.1 Å². The predicted octanol–water partition coefficient (Wildman–Crippen LogP) is 0.975. The highest BCUT2D eigenvalue weighted by Crippen LogP contribution is 2.28. The molecule has 0 radical (unpaired) electrons. The summed E-state index contributed by atoms with van der Waals surface area (Å²) in [6.45, 7) is 5.12. The summed E-state index contributed by atoms with van der Waals surface area (Å²) in [4.78, 5) is 27.4. The number of carbonyl (C=O) groups is 2. The van der Waals surface area contributed by atoms with Gasteiger partial charge in [-0.05, 0) is 25.8 Å². The van der Waals surface area contributed by atoms with Gasteiger partial charge in [0.05, 0.1) is 5.92 Å². The van der Waals surface area contributed by atoms with Crippen LogP contribution >= 0.6 is 0 Å². The van der Waals surface area contributed by atoms with Gasteiger partial charge in [-0.1, -0.05) is 13.3 Å². The molecular weight excluding hydrogens is 270 g/mol. The van der Waals surface area contributed by atoms with E-state index in [0.29, 0.717) is 19.1 Å². The molecule has 3 aliphatic heterocycles. The van der Waals surface area contributed by atoms with Gasteiger partial charge in [-0.15, -0.1) is 0 Å². The van der Waals surface area contributed by atoms with Crippen LogP contribution in [0.25, 0.3) is 0 Å². The highest BCUT2D eigenvalue weighted by atomic mass is 16.4. The number of carboxylic acid groups (broad SMARTS) is 1. The average Bonchev–Trinajstić information content (AvgIpc) is 2.80. The lowest BCUT2D eigenvalue weighted by Gasteiger charge is -2.42. The lowest BCUT2D eigenvalue weighted by Crippen LogP contribution is -2.59. The van der Waals surface area contributed by atoms with Gasteiger partial charge in [0.25, 0.3) is 0 Å². The lowest BCUT2D eigenvalue weighted by molar-refractivity contribution is -0.144. The third-order valence-electron chi connectivity index (χ3n) is 5.46. The number of hydrogen-bond donors (Lipinski definition) is 2. The van der Waals surface area contributed by atoms with Gasteiger partial charge in [0.1, 0.15) is 0 Å². The molecule has 3 rings (SSSR count). The molecule has 6 nitrogen and oxygen atoms in total. The number of aliphatic carboxylic acids is 1. The van der Waals surface area contributed by atoms with E-state index in [1.54, 1.807) is 11.8 Å². The van der Waals surface area contributed by atoms with Crippen LogP contribution in [0.5, 0.6) is 0 Å². The fourth-order valence-electron chi connectivity index (χ4n) is 3.86. The fraction of sp³-hybridized carbons (Fsp3) is 0.867. The standard InChI is InChI=1S/C15H25N3O3/c1-10(14(19)20)11-8-18(9-11)15(21)16-12-5-7-17-6-3-2-4-13(12)17/h10-13H,2-9H2,1H3,(H,16,21)(H,19,20). The minimum atomic E-state index is -0.770. The number of hydrogen-bond acceptors (Lipinski definition) is 3. The summed E-state index contributed by atoms with van der Waals surface area (Å²) < 4.78 is 0. The van der Waals surface area contributed by atoms with E-state index >= 15 is 0 Å². The monoisotopic (exact) mass is 295 g/mol. The Morgan fingerprint density at radius 1 is 1.19 bits per heavy atom. The molecule has 0 aromatic rings. The predicted molar refractivity (Wildman–Crippen MR) is 78.0 cm³/mol. The quantitative estimate of drug-likeness (QED) is 0.814. The van der Waals surface area contributed by atoms with E-state index in [-0.39, 0.29) is 23.9 Å². The van der Waals surface area contributed by atoms with Crippen molar-refractivity contribution in [1.29, 1.82) is 0 Å². The van der Waals surface area contributed by atoms with Crippen LogP contribution in [0, 0.1) is 11.8 Å². The highest BCUT2D eigenvalue weighted by Gasteiger charge is 2.40. The fourth-order valence-corrected chi connectivity index (χ4v) is 3.86. The highest BCUT2D eigenvalue weighted by molar-refractivity contribution is 5.76. The second kappa shape index (κ2) is 5.83. The number of likely N-dealkylation sites (tertiary alicyclic amines) is 1. The lowest BCUT2D eigenvalue weighted by atomic mass is 9.87. The molecule has 0 aliphatic carbocycles. The normalized spacial score (nSPS) is 31.4. The number of amides is 2. The van der Waals surface area contributed by atoms with Gasteiger partial charge in [-0.3, -0.25) is 9.69 Å². The van der Waals surface area contributed by atoms with Gasteiger partial charge in [0, 0.05) is 37.6 Å². The van der Waals surface area contributed by atoms with Crippen molar-refractivity contribution in [2.75, 3.05) is 26.2 Å². The first-order chi connectivity index (χ1) is 10.1. The molecule has 3 unspecified atom stereocenters. The Morgan fingerprint density at radius 3 is 2.67 bits per heavy atom. The van der Waals surface area contributed by atoms with Crippen molar-refractivity contribution in [3.63, 3.8) is 0 Å². The molecule has 0 aromatic heterocycles. The van der Waals surface area contributed by atoms with Gasteiger partial charge in [-0.25, -0.2) is 4.79 Å². The number of nitrogens with zero attached hydrogens (tertiary/aromatic N) is 2. The zero-order valence-corrected chi connectivity index (χ0v) is 12.6. The number of fused-ring (bicyclic) bond motifs is 1. The van der Waals surface area contributed by atoms with Crippen LogP contribution in [0.4, 0.5) is 4.79 Å². The molecule has 6 heteroatoms. The summed E-state index contributed by atoms with van der Waals surface area (Å²) >= 11 is 0. The second-order valence-corrected chi connectivity index (χ2v) is 6.74. The first kappa shape index (κ1) is 14.6. The number of rotatable bonds is 3. The smallest absolute Gasteiger partial charge is 0.317 e. The molecule has 0 aromatic carbocycles. The summed E-state index contributed by atoms with van der Waals surface area (Å²) in [6, 6.07) is 0.771. The minimum Gasteiger partial charge on any atom is -0.481 e. The van der Waals surface area contributed by atoms with E-state index < -0.39 is 5.97 Å². The summed E-state index contributed by atoms with van der Waals surface area (Å²) in [5.74, 6) is -1.04. The third-order valence-corrected chi connectivity index (χ3v) is 5.46. The summed E-state index contributed by atoms with van der Waals surface area (Å²) in [5.41, 5.74) is 0. The zero-order chi connectivity index (χ0) is 15.0. The number of carbonyl (C=O) groups excluding carboxylic acids is 1. The zero-order valence-electron chi connectivity index (χ0n) is 12.6. The maximum atomic E-state index is 12.2. The number of urea groups is 1. The van der Waals surface area contributed by atoms with E-state index in [1.165, 1.54) is 25.8 Å². The van der Waals surface area contributed by atoms with Crippen LogP contribution in [0.15, 0.2) is 0 Å². The van der Waals surface area contributed by atoms with Crippen LogP contribution < -0.4 is 5.32 Å². The summed E-state index contributed by atoms with van der Waals surface area (Å²) in [5, 5.41) is 12.1. The molecule has 3 heterocycles. The SMILES string of the molecule is CC(C(=O)O)C1CN(C(=O)NC2CCN3CCCCC23)C1. The molecule has 2 amide bonds. The van der Waals surface area contributed by atoms with Crippen molar-refractivity contribution in [3.8, 4) is 0 Å². The van der Waals surface area contributed by atoms with Crippen molar-refractivity contribution in [2.24, 2.45) is 11.8 Å². The average molecular weight is 295 g/mol. The van der Waals surface area contributed by atoms with E-state index in [2.05, 4.69) is 10.2 Å². The van der Waals surface area contributed by atoms with Crippen LogP contribution in [0.2, 0.25) is 0 Å². The molecule has 118 valence electrons. The van der Waals surface area contributed by atoms with Gasteiger partial charge >= 0.3 is 12.0 Å². The first-order valence-corrected chi connectivity index (χ1v) is 8.08. The number of piperidine rings is 1. The number of nitrogens with one attached hydrogen (secondary N) is 1. The van der Waals surface area contributed by atoms with E-state index in [4.69, 9.17) is 5.11 Å². The maximum absolute atomic E-state index is 12.2. The van der Waals surface area contributed by atoms with Crippen LogP contribution in [0.3, 0.4) is 0 Å². The largest absolute Gasteiger partial charge is 0.481 e. The topological polar surface area (TPSA) is 72.9 Å². The summed E-state index contributed by atoms with van der Waals surface area (Å²) in [6.07, 6.45) is 4.76. The molecule has 3 atom stereocenters. The van der Waals surface area contributed by atoms with Crippen LogP contribution in [0.1, 0.15) is 32.6 Å². The number of carboxylic acids is 1. The van der Waals surface area contributed by atoms with E-state index in [0.717, 1.165) is 13.0 Å². The van der Waals surface area contributed by atoms with Crippen molar-refractivity contribution in [2.45, 2.75) is 44.7 Å². The van der Waals surface area contributed by atoms with Gasteiger partial charge in [-0.2, -0.15) is 0 Å².